The van der Waals surface area contributed by atoms with E-state index in [4.69, 9.17) is 9.84 Å². The van der Waals surface area contributed by atoms with Crippen LogP contribution in [0.5, 0.6) is 0 Å². The molecule has 0 bridgehead atoms. The number of aliphatic hydroxyl groups excluding tert-OH is 1. The standard InChI is InChI=1S/C11H20O2/c1-3-10-4-5-11(9(2)8-10)13-7-6-12/h10-12H,2-8H2,1H3. The van der Waals surface area contributed by atoms with Crippen LogP contribution < -0.4 is 0 Å². The molecule has 0 spiro atoms. The molecule has 0 radical (unpaired) electrons. The average molecular weight is 184 g/mol. The summed E-state index contributed by atoms with van der Waals surface area (Å²) in [6, 6.07) is 0. The van der Waals surface area contributed by atoms with Gasteiger partial charge in [0.2, 0.25) is 0 Å². The van der Waals surface area contributed by atoms with Crippen molar-refractivity contribution in [2.75, 3.05) is 13.2 Å². The Hall–Kier alpha value is -0.340. The van der Waals surface area contributed by atoms with Crippen LogP contribution in [-0.2, 0) is 4.74 Å². The zero-order chi connectivity index (χ0) is 9.68. The van der Waals surface area contributed by atoms with E-state index >= 15 is 0 Å². The minimum atomic E-state index is 0.112. The minimum Gasteiger partial charge on any atom is -0.394 e. The molecular formula is C11H20O2. The minimum absolute atomic E-state index is 0.112. The molecule has 1 fully saturated rings. The van der Waals surface area contributed by atoms with Crippen LogP contribution in [0.1, 0.15) is 32.6 Å². The van der Waals surface area contributed by atoms with Crippen LogP contribution in [0.3, 0.4) is 0 Å². The Morgan fingerprint density at radius 3 is 2.85 bits per heavy atom. The van der Waals surface area contributed by atoms with Gasteiger partial charge >= 0.3 is 0 Å². The molecule has 0 aliphatic heterocycles. The Morgan fingerprint density at radius 1 is 1.54 bits per heavy atom. The number of rotatable bonds is 4. The topological polar surface area (TPSA) is 29.5 Å². The summed E-state index contributed by atoms with van der Waals surface area (Å²) in [5, 5.41) is 8.63. The maximum atomic E-state index is 8.63. The van der Waals surface area contributed by atoms with Crippen LogP contribution in [0.2, 0.25) is 0 Å². The first-order valence-corrected chi connectivity index (χ1v) is 5.18. The first kappa shape index (κ1) is 10.7. The van der Waals surface area contributed by atoms with Gasteiger partial charge in [0.05, 0.1) is 19.3 Å². The molecule has 0 aromatic carbocycles. The van der Waals surface area contributed by atoms with Crippen molar-refractivity contribution in [3.8, 4) is 0 Å². The molecule has 1 aliphatic carbocycles. The van der Waals surface area contributed by atoms with Gasteiger partial charge in [0.15, 0.2) is 0 Å². The van der Waals surface area contributed by atoms with E-state index in [1.54, 1.807) is 0 Å². The predicted molar refractivity (Wildman–Crippen MR) is 53.6 cm³/mol. The van der Waals surface area contributed by atoms with Gasteiger partial charge in [-0.1, -0.05) is 19.9 Å². The summed E-state index contributed by atoms with van der Waals surface area (Å²) in [5.74, 6) is 0.807. The van der Waals surface area contributed by atoms with Crippen LogP contribution in [0.15, 0.2) is 12.2 Å². The Labute approximate surface area is 80.6 Å². The molecule has 0 saturated heterocycles. The second-order valence-corrected chi connectivity index (χ2v) is 3.80. The van der Waals surface area contributed by atoms with Gasteiger partial charge in [-0.2, -0.15) is 0 Å². The molecule has 0 aromatic rings. The normalized spacial score (nSPS) is 29.2. The highest BCUT2D eigenvalue weighted by molar-refractivity contribution is 5.06. The van der Waals surface area contributed by atoms with Crippen molar-refractivity contribution >= 4 is 0 Å². The predicted octanol–water partition coefficient (Wildman–Crippen LogP) is 2.13. The maximum absolute atomic E-state index is 8.63. The summed E-state index contributed by atoms with van der Waals surface area (Å²) in [5.41, 5.74) is 1.21. The first-order chi connectivity index (χ1) is 6.27. The van der Waals surface area contributed by atoms with E-state index in [0.29, 0.717) is 6.61 Å². The summed E-state index contributed by atoms with van der Waals surface area (Å²) < 4.78 is 5.49. The van der Waals surface area contributed by atoms with E-state index in [-0.39, 0.29) is 12.7 Å². The van der Waals surface area contributed by atoms with Gasteiger partial charge in [0.25, 0.3) is 0 Å². The van der Waals surface area contributed by atoms with Crippen molar-refractivity contribution in [3.63, 3.8) is 0 Å². The van der Waals surface area contributed by atoms with E-state index in [1.807, 2.05) is 0 Å². The molecule has 2 atom stereocenters. The average Bonchev–Trinajstić information content (AvgIpc) is 2.16. The Morgan fingerprint density at radius 2 is 2.31 bits per heavy atom. The van der Waals surface area contributed by atoms with Crippen molar-refractivity contribution in [2.24, 2.45) is 5.92 Å². The Balaban J connectivity index is 2.31. The number of aliphatic hydroxyl groups is 1. The monoisotopic (exact) mass is 184 g/mol. The lowest BCUT2D eigenvalue weighted by Crippen LogP contribution is -2.24. The van der Waals surface area contributed by atoms with Gasteiger partial charge in [-0.25, -0.2) is 0 Å². The lowest BCUT2D eigenvalue weighted by molar-refractivity contribution is 0.0296. The first-order valence-electron chi connectivity index (χ1n) is 5.18. The van der Waals surface area contributed by atoms with Crippen molar-refractivity contribution in [1.82, 2.24) is 0 Å². The summed E-state index contributed by atoms with van der Waals surface area (Å²) >= 11 is 0. The van der Waals surface area contributed by atoms with Crippen molar-refractivity contribution in [3.05, 3.63) is 12.2 Å². The summed E-state index contributed by atoms with van der Waals surface area (Å²) in [7, 11) is 0. The highest BCUT2D eigenvalue weighted by Crippen LogP contribution is 2.31. The molecule has 2 heteroatoms. The summed E-state index contributed by atoms with van der Waals surface area (Å²) in [6.07, 6.45) is 4.87. The molecule has 0 aromatic heterocycles. The second-order valence-electron chi connectivity index (χ2n) is 3.80. The molecular weight excluding hydrogens is 164 g/mol. The van der Waals surface area contributed by atoms with E-state index in [1.165, 1.54) is 18.4 Å². The Bertz CT molecular complexity index is 165. The van der Waals surface area contributed by atoms with Crippen LogP contribution >= 0.6 is 0 Å². The molecule has 0 amide bonds. The number of hydrogen-bond donors (Lipinski definition) is 1. The zero-order valence-electron chi connectivity index (χ0n) is 8.46. The van der Waals surface area contributed by atoms with E-state index in [2.05, 4.69) is 13.5 Å². The SMILES string of the molecule is C=C1CC(CC)CCC1OCCO. The van der Waals surface area contributed by atoms with Crippen LogP contribution in [-0.4, -0.2) is 24.4 Å². The van der Waals surface area contributed by atoms with Gasteiger partial charge in [-0.05, 0) is 30.8 Å². The van der Waals surface area contributed by atoms with Gasteiger partial charge < -0.3 is 9.84 Å². The third kappa shape index (κ3) is 3.12. The highest BCUT2D eigenvalue weighted by atomic mass is 16.5. The summed E-state index contributed by atoms with van der Waals surface area (Å²) in [4.78, 5) is 0. The molecule has 1 N–H and O–H groups in total. The van der Waals surface area contributed by atoms with Gasteiger partial charge in [-0.15, -0.1) is 0 Å². The number of ether oxygens (including phenoxy) is 1. The van der Waals surface area contributed by atoms with Crippen molar-refractivity contribution in [1.29, 1.82) is 0 Å². The molecule has 76 valence electrons. The number of hydrogen-bond acceptors (Lipinski definition) is 2. The smallest absolute Gasteiger partial charge is 0.0783 e. The lowest BCUT2D eigenvalue weighted by atomic mass is 9.83. The lowest BCUT2D eigenvalue weighted by Gasteiger charge is -2.29. The third-order valence-corrected chi connectivity index (χ3v) is 2.83. The van der Waals surface area contributed by atoms with Gasteiger partial charge in [-0.3, -0.25) is 0 Å². The molecule has 1 aliphatic rings. The fourth-order valence-electron chi connectivity index (χ4n) is 1.94. The van der Waals surface area contributed by atoms with Gasteiger partial charge in [0, 0.05) is 0 Å². The van der Waals surface area contributed by atoms with E-state index in [0.717, 1.165) is 18.8 Å². The van der Waals surface area contributed by atoms with Gasteiger partial charge in [0.1, 0.15) is 0 Å². The van der Waals surface area contributed by atoms with E-state index < -0.39 is 0 Å². The molecule has 1 rings (SSSR count). The second kappa shape index (κ2) is 5.40. The van der Waals surface area contributed by atoms with Crippen LogP contribution in [0, 0.1) is 5.92 Å². The fourth-order valence-corrected chi connectivity index (χ4v) is 1.94. The quantitative estimate of drug-likeness (QED) is 0.678. The summed E-state index contributed by atoms with van der Waals surface area (Å²) in [6.45, 7) is 6.83. The van der Waals surface area contributed by atoms with Crippen LogP contribution in [0.25, 0.3) is 0 Å². The van der Waals surface area contributed by atoms with E-state index in [9.17, 15) is 0 Å². The zero-order valence-corrected chi connectivity index (χ0v) is 8.46. The fraction of sp³-hybridized carbons (Fsp3) is 0.818. The van der Waals surface area contributed by atoms with Crippen LogP contribution in [0.4, 0.5) is 0 Å². The van der Waals surface area contributed by atoms with Crippen molar-refractivity contribution < 1.29 is 9.84 Å². The maximum Gasteiger partial charge on any atom is 0.0783 e. The molecule has 13 heavy (non-hydrogen) atoms. The molecule has 2 nitrogen and oxygen atoms in total. The molecule has 0 heterocycles. The molecule has 1 saturated carbocycles. The third-order valence-electron chi connectivity index (χ3n) is 2.83. The Kier molecular flexibility index (Phi) is 4.46. The largest absolute Gasteiger partial charge is 0.394 e. The molecule has 2 unspecified atom stereocenters. The van der Waals surface area contributed by atoms with Crippen molar-refractivity contribution in [2.45, 2.75) is 38.7 Å². The highest BCUT2D eigenvalue weighted by Gasteiger charge is 2.23.